The predicted molar refractivity (Wildman–Crippen MR) is 66.8 cm³/mol. The van der Waals surface area contributed by atoms with Crippen LogP contribution in [0.15, 0.2) is 18.2 Å². The first-order chi connectivity index (χ1) is 8.04. The Morgan fingerprint density at radius 1 is 1.65 bits per heavy atom. The number of fused-ring (bicyclic) bond motifs is 1. The van der Waals surface area contributed by atoms with Crippen LogP contribution in [0.1, 0.15) is 31.1 Å². The molecular formula is C13H18N2O2. The largest absolute Gasteiger partial charge is 0.387 e. The van der Waals surface area contributed by atoms with Crippen molar-refractivity contribution in [3.8, 4) is 0 Å². The van der Waals surface area contributed by atoms with Crippen LogP contribution in [-0.4, -0.2) is 23.6 Å². The van der Waals surface area contributed by atoms with E-state index in [1.807, 2.05) is 25.1 Å². The summed E-state index contributed by atoms with van der Waals surface area (Å²) in [4.78, 5) is 13.4. The molecule has 2 atom stereocenters. The number of aliphatic hydroxyl groups is 1. The number of amides is 1. The average molecular weight is 234 g/mol. The fraction of sp³-hybridized carbons (Fsp3) is 0.462. The lowest BCUT2D eigenvalue weighted by molar-refractivity contribution is -0.116. The zero-order valence-corrected chi connectivity index (χ0v) is 10.2. The molecule has 0 aromatic heterocycles. The molecule has 3 N–H and O–H groups in total. The van der Waals surface area contributed by atoms with Crippen LogP contribution in [0.25, 0.3) is 0 Å². The van der Waals surface area contributed by atoms with Gasteiger partial charge in [0, 0.05) is 25.2 Å². The number of nitrogens with zero attached hydrogens (tertiary/aromatic N) is 1. The van der Waals surface area contributed by atoms with Gasteiger partial charge in [0.1, 0.15) is 0 Å². The van der Waals surface area contributed by atoms with E-state index in [0.29, 0.717) is 0 Å². The third kappa shape index (κ3) is 2.06. The molecule has 2 unspecified atom stereocenters. The van der Waals surface area contributed by atoms with Crippen LogP contribution in [0.5, 0.6) is 0 Å². The van der Waals surface area contributed by atoms with E-state index in [4.69, 9.17) is 5.73 Å². The monoisotopic (exact) mass is 234 g/mol. The van der Waals surface area contributed by atoms with Gasteiger partial charge in [-0.2, -0.15) is 0 Å². The lowest BCUT2D eigenvalue weighted by atomic mass is 10.0. The van der Waals surface area contributed by atoms with Gasteiger partial charge in [0.25, 0.3) is 0 Å². The first-order valence-electron chi connectivity index (χ1n) is 5.85. The van der Waals surface area contributed by atoms with E-state index < -0.39 is 6.10 Å². The van der Waals surface area contributed by atoms with Crippen molar-refractivity contribution in [1.29, 1.82) is 0 Å². The molecule has 0 saturated heterocycles. The van der Waals surface area contributed by atoms with Gasteiger partial charge in [0.05, 0.1) is 6.10 Å². The highest BCUT2D eigenvalue weighted by Crippen LogP contribution is 2.33. The minimum Gasteiger partial charge on any atom is -0.387 e. The van der Waals surface area contributed by atoms with Crippen molar-refractivity contribution >= 4 is 11.6 Å². The third-order valence-electron chi connectivity index (χ3n) is 3.27. The van der Waals surface area contributed by atoms with Gasteiger partial charge >= 0.3 is 0 Å². The molecular weight excluding hydrogens is 216 g/mol. The van der Waals surface area contributed by atoms with E-state index in [1.54, 1.807) is 11.8 Å². The molecule has 1 amide bonds. The molecule has 1 aliphatic rings. The van der Waals surface area contributed by atoms with Crippen LogP contribution in [-0.2, 0) is 11.2 Å². The van der Waals surface area contributed by atoms with E-state index in [9.17, 15) is 9.90 Å². The highest BCUT2D eigenvalue weighted by molar-refractivity contribution is 5.94. The summed E-state index contributed by atoms with van der Waals surface area (Å²) in [6.45, 7) is 3.82. The summed E-state index contributed by atoms with van der Waals surface area (Å²) in [5.74, 6) is 0.0587. The van der Waals surface area contributed by atoms with Crippen LogP contribution in [0.2, 0.25) is 0 Å². The van der Waals surface area contributed by atoms with Gasteiger partial charge in [0.15, 0.2) is 0 Å². The molecule has 4 nitrogen and oxygen atoms in total. The second-order valence-electron chi connectivity index (χ2n) is 4.58. The Hall–Kier alpha value is -1.39. The maximum absolute atomic E-state index is 11.6. The fourth-order valence-corrected chi connectivity index (χ4v) is 2.47. The number of nitrogens with two attached hydrogens (primary N) is 1. The zero-order chi connectivity index (χ0) is 12.6. The lowest BCUT2D eigenvalue weighted by Crippen LogP contribution is -2.33. The number of hydrogen-bond donors (Lipinski definition) is 2. The normalized spacial score (nSPS) is 20.2. The van der Waals surface area contributed by atoms with Crippen LogP contribution in [0, 0.1) is 0 Å². The standard InChI is InChI=1S/C13H18N2O2/c1-8-5-11-6-10(13(17)7-14)3-4-12(11)15(8)9(2)16/h3-4,6,8,13,17H,5,7,14H2,1-2H3. The van der Waals surface area contributed by atoms with Crippen molar-refractivity contribution in [1.82, 2.24) is 0 Å². The molecule has 0 saturated carbocycles. The first-order valence-corrected chi connectivity index (χ1v) is 5.85. The molecule has 1 aliphatic heterocycles. The van der Waals surface area contributed by atoms with Gasteiger partial charge in [-0.15, -0.1) is 0 Å². The van der Waals surface area contributed by atoms with Crippen molar-refractivity contribution in [2.24, 2.45) is 5.73 Å². The Labute approximate surface area is 101 Å². The average Bonchev–Trinajstić information content (AvgIpc) is 2.62. The number of aliphatic hydroxyl groups excluding tert-OH is 1. The summed E-state index contributed by atoms with van der Waals surface area (Å²) >= 11 is 0. The van der Waals surface area contributed by atoms with Crippen molar-refractivity contribution < 1.29 is 9.90 Å². The highest BCUT2D eigenvalue weighted by atomic mass is 16.3. The molecule has 0 radical (unpaired) electrons. The third-order valence-corrected chi connectivity index (χ3v) is 3.27. The smallest absolute Gasteiger partial charge is 0.224 e. The number of anilines is 1. The van der Waals surface area contributed by atoms with Crippen LogP contribution in [0.4, 0.5) is 5.69 Å². The summed E-state index contributed by atoms with van der Waals surface area (Å²) in [5, 5.41) is 9.70. The molecule has 0 aliphatic carbocycles. The zero-order valence-electron chi connectivity index (χ0n) is 10.2. The molecule has 92 valence electrons. The maximum Gasteiger partial charge on any atom is 0.224 e. The summed E-state index contributed by atoms with van der Waals surface area (Å²) in [6, 6.07) is 5.87. The number of benzene rings is 1. The molecule has 2 rings (SSSR count). The van der Waals surface area contributed by atoms with E-state index in [0.717, 1.165) is 23.2 Å². The second-order valence-corrected chi connectivity index (χ2v) is 4.58. The van der Waals surface area contributed by atoms with Gasteiger partial charge in [0.2, 0.25) is 5.91 Å². The molecule has 0 bridgehead atoms. The van der Waals surface area contributed by atoms with Crippen LogP contribution in [0.3, 0.4) is 0 Å². The second kappa shape index (κ2) is 4.47. The molecule has 17 heavy (non-hydrogen) atoms. The summed E-state index contributed by atoms with van der Waals surface area (Å²) in [6.07, 6.45) is 0.210. The van der Waals surface area contributed by atoms with Crippen LogP contribution >= 0.6 is 0 Å². The Morgan fingerprint density at radius 2 is 2.35 bits per heavy atom. The van der Waals surface area contributed by atoms with Crippen LogP contribution < -0.4 is 10.6 Å². The number of rotatable bonds is 2. The summed E-state index contributed by atoms with van der Waals surface area (Å²) < 4.78 is 0. The SMILES string of the molecule is CC(=O)N1c2ccc(C(O)CN)cc2CC1C. The van der Waals surface area contributed by atoms with Gasteiger partial charge in [-0.3, -0.25) is 4.79 Å². The number of carbonyl (C=O) groups excluding carboxylic acids is 1. The first kappa shape index (κ1) is 12.1. The summed E-state index contributed by atoms with van der Waals surface area (Å²) in [7, 11) is 0. The molecule has 1 aromatic rings. The fourth-order valence-electron chi connectivity index (χ4n) is 2.47. The van der Waals surface area contributed by atoms with E-state index in [1.165, 1.54) is 0 Å². The van der Waals surface area contributed by atoms with Gasteiger partial charge in [-0.05, 0) is 30.5 Å². The topological polar surface area (TPSA) is 66.6 Å². The van der Waals surface area contributed by atoms with Gasteiger partial charge < -0.3 is 15.7 Å². The minimum absolute atomic E-state index is 0.0587. The molecule has 0 spiro atoms. The van der Waals surface area contributed by atoms with Crippen molar-refractivity contribution in [2.45, 2.75) is 32.4 Å². The Kier molecular flexibility index (Phi) is 3.17. The number of hydrogen-bond acceptors (Lipinski definition) is 3. The van der Waals surface area contributed by atoms with E-state index >= 15 is 0 Å². The Bertz CT molecular complexity index is 445. The Balaban J connectivity index is 2.37. The molecule has 4 heteroatoms. The minimum atomic E-state index is -0.623. The Morgan fingerprint density at radius 3 is 2.94 bits per heavy atom. The quantitative estimate of drug-likeness (QED) is 0.801. The lowest BCUT2D eigenvalue weighted by Gasteiger charge is -2.20. The maximum atomic E-state index is 11.6. The van der Waals surface area contributed by atoms with Gasteiger partial charge in [-0.25, -0.2) is 0 Å². The highest BCUT2D eigenvalue weighted by Gasteiger charge is 2.29. The van der Waals surface area contributed by atoms with Crippen molar-refractivity contribution in [3.63, 3.8) is 0 Å². The molecule has 0 fully saturated rings. The number of carbonyl (C=O) groups is 1. The predicted octanol–water partition coefficient (Wildman–Crippen LogP) is 0.976. The van der Waals surface area contributed by atoms with Gasteiger partial charge in [-0.1, -0.05) is 12.1 Å². The molecule has 1 aromatic carbocycles. The van der Waals surface area contributed by atoms with E-state index in [-0.39, 0.29) is 18.5 Å². The summed E-state index contributed by atoms with van der Waals surface area (Å²) in [5.41, 5.74) is 8.33. The van der Waals surface area contributed by atoms with E-state index in [2.05, 4.69) is 0 Å². The van der Waals surface area contributed by atoms with Crippen molar-refractivity contribution in [2.75, 3.05) is 11.4 Å². The van der Waals surface area contributed by atoms with Crippen molar-refractivity contribution in [3.05, 3.63) is 29.3 Å². The molecule has 1 heterocycles.